The lowest BCUT2D eigenvalue weighted by atomic mass is 9.94. The van der Waals surface area contributed by atoms with E-state index in [2.05, 4.69) is 25.5 Å². The maximum Gasteiger partial charge on any atom is 0.201 e. The lowest BCUT2D eigenvalue weighted by molar-refractivity contribution is 0.356. The van der Waals surface area contributed by atoms with E-state index in [1.54, 1.807) is 12.3 Å². The van der Waals surface area contributed by atoms with Gasteiger partial charge in [0.2, 0.25) is 5.95 Å². The molecule has 0 amide bonds. The number of halogens is 1. The van der Waals surface area contributed by atoms with Crippen molar-refractivity contribution in [1.82, 2.24) is 20.2 Å². The number of anilines is 1. The Bertz CT molecular complexity index is 1090. The van der Waals surface area contributed by atoms with Crippen LogP contribution in [0.1, 0.15) is 41.1 Å². The lowest BCUT2D eigenvalue weighted by Crippen LogP contribution is -2.22. The van der Waals surface area contributed by atoms with Crippen LogP contribution in [0.25, 0.3) is 0 Å². The van der Waals surface area contributed by atoms with Gasteiger partial charge in [-0.05, 0) is 43.4 Å². The van der Waals surface area contributed by atoms with E-state index in [0.717, 1.165) is 16.9 Å². The Morgan fingerprint density at radius 3 is 2.90 bits per heavy atom. The molecular weight excluding hydrogens is 409 g/mol. The fourth-order valence-electron chi connectivity index (χ4n) is 3.91. The van der Waals surface area contributed by atoms with Gasteiger partial charge in [-0.15, -0.1) is 5.10 Å². The number of nitrogens with zero attached hydrogens (tertiary/aromatic N) is 3. The molecule has 2 aliphatic heterocycles. The number of fused-ring (bicyclic) bond motifs is 1. The Balaban J connectivity index is 1.58. The van der Waals surface area contributed by atoms with Crippen molar-refractivity contribution in [2.75, 3.05) is 23.4 Å². The summed E-state index contributed by atoms with van der Waals surface area (Å²) in [5, 5.41) is 11.3. The number of sulfone groups is 1. The molecule has 0 saturated carbocycles. The van der Waals surface area contributed by atoms with E-state index < -0.39 is 9.84 Å². The van der Waals surface area contributed by atoms with Crippen molar-refractivity contribution in [3.8, 4) is 5.75 Å². The van der Waals surface area contributed by atoms with Gasteiger partial charge in [-0.3, -0.25) is 0 Å². The minimum Gasteiger partial charge on any atom is -0.493 e. The Labute approximate surface area is 174 Å². The van der Waals surface area contributed by atoms with Crippen molar-refractivity contribution in [1.29, 1.82) is 0 Å². The highest BCUT2D eigenvalue weighted by Crippen LogP contribution is 2.31. The zero-order valence-electron chi connectivity index (χ0n) is 16.7. The van der Waals surface area contributed by atoms with Crippen LogP contribution < -0.4 is 10.1 Å². The molecule has 1 fully saturated rings. The molecule has 1 aromatic carbocycles. The van der Waals surface area contributed by atoms with Crippen molar-refractivity contribution in [3.63, 3.8) is 0 Å². The Morgan fingerprint density at radius 1 is 1.30 bits per heavy atom. The van der Waals surface area contributed by atoms with Crippen molar-refractivity contribution in [3.05, 3.63) is 52.9 Å². The summed E-state index contributed by atoms with van der Waals surface area (Å²) in [5.41, 5.74) is 3.00. The Kier molecular flexibility index (Phi) is 5.85. The minimum atomic E-state index is -2.96. The molecular formula is C20H24FN5O3S. The quantitative estimate of drug-likeness (QED) is 0.763. The van der Waals surface area contributed by atoms with Gasteiger partial charge in [-0.1, -0.05) is 0 Å². The Hall–Kier alpha value is -2.75. The maximum absolute atomic E-state index is 14.4. The van der Waals surface area contributed by atoms with Gasteiger partial charge in [-0.25, -0.2) is 17.8 Å². The SMILES string of the molecule is Cc1nnc[nH]c(NCc2c(F)ccc3c2CCO3)ncc1C1CCS(=O)(=O)CC1. The second kappa shape index (κ2) is 8.55. The average Bonchev–Trinajstić information content (AvgIpc) is 3.21. The number of benzene rings is 1. The molecule has 2 aromatic rings. The largest absolute Gasteiger partial charge is 0.493 e. The van der Waals surface area contributed by atoms with Crippen LogP contribution in [-0.2, 0) is 22.8 Å². The molecule has 0 spiro atoms. The van der Waals surface area contributed by atoms with Crippen LogP contribution in [0.2, 0.25) is 0 Å². The van der Waals surface area contributed by atoms with E-state index in [4.69, 9.17) is 4.74 Å². The number of rotatable bonds is 4. The predicted molar refractivity (Wildman–Crippen MR) is 110 cm³/mol. The zero-order valence-corrected chi connectivity index (χ0v) is 17.5. The molecule has 8 nitrogen and oxygen atoms in total. The average molecular weight is 434 g/mol. The fraction of sp³-hybridized carbons (Fsp3) is 0.450. The third kappa shape index (κ3) is 4.53. The number of aromatic nitrogens is 4. The summed E-state index contributed by atoms with van der Waals surface area (Å²) < 4.78 is 43.4. The number of nitrogens with one attached hydrogen (secondary N) is 2. The zero-order chi connectivity index (χ0) is 21.1. The molecule has 30 heavy (non-hydrogen) atoms. The summed E-state index contributed by atoms with van der Waals surface area (Å²) in [4.78, 5) is 7.40. The van der Waals surface area contributed by atoms with E-state index in [9.17, 15) is 12.8 Å². The van der Waals surface area contributed by atoms with Crippen LogP contribution in [0.15, 0.2) is 24.7 Å². The van der Waals surface area contributed by atoms with Crippen molar-refractivity contribution < 1.29 is 17.5 Å². The molecule has 0 atom stereocenters. The van der Waals surface area contributed by atoms with Gasteiger partial charge in [0.15, 0.2) is 0 Å². The van der Waals surface area contributed by atoms with E-state index in [0.29, 0.717) is 43.1 Å². The van der Waals surface area contributed by atoms with E-state index in [-0.39, 0.29) is 29.8 Å². The summed E-state index contributed by atoms with van der Waals surface area (Å²) in [7, 11) is -2.96. The fourth-order valence-corrected chi connectivity index (χ4v) is 5.40. The standard InChI is InChI=1S/C20H24FN5O3S/c1-13-16(14-5-8-30(27,28)9-6-14)10-22-20(24-12-25-26-13)23-11-17-15-4-7-29-19(15)3-2-18(17)21/h2-3,10,12,14H,4-9,11H2,1H3,(H2,22,23,24,25). The molecule has 2 aliphatic rings. The number of ether oxygens (including phenoxy) is 1. The van der Waals surface area contributed by atoms with Crippen LogP contribution in [0.3, 0.4) is 0 Å². The van der Waals surface area contributed by atoms with Crippen molar-refractivity contribution in [2.45, 2.75) is 38.6 Å². The van der Waals surface area contributed by atoms with Gasteiger partial charge < -0.3 is 15.0 Å². The van der Waals surface area contributed by atoms with Gasteiger partial charge in [0.1, 0.15) is 27.7 Å². The monoisotopic (exact) mass is 433 g/mol. The summed E-state index contributed by atoms with van der Waals surface area (Å²) in [6.07, 6.45) is 4.86. The number of aryl methyl sites for hydroxylation is 1. The molecule has 4 rings (SSSR count). The highest BCUT2D eigenvalue weighted by Gasteiger charge is 2.26. The molecule has 0 bridgehead atoms. The first-order chi connectivity index (χ1) is 14.4. The first-order valence-corrected chi connectivity index (χ1v) is 11.7. The van der Waals surface area contributed by atoms with Gasteiger partial charge >= 0.3 is 0 Å². The second-order valence-corrected chi connectivity index (χ2v) is 9.82. The van der Waals surface area contributed by atoms with Crippen LogP contribution in [-0.4, -0.2) is 46.7 Å². The molecule has 10 heteroatoms. The third-order valence-electron chi connectivity index (χ3n) is 5.58. The molecule has 160 valence electrons. The van der Waals surface area contributed by atoms with Crippen molar-refractivity contribution in [2.24, 2.45) is 0 Å². The number of hydrogen-bond acceptors (Lipinski definition) is 7. The molecule has 1 aromatic heterocycles. The molecule has 0 unspecified atom stereocenters. The van der Waals surface area contributed by atoms with Crippen LogP contribution in [0.4, 0.5) is 10.3 Å². The number of aromatic amines is 1. The van der Waals surface area contributed by atoms with Crippen LogP contribution in [0, 0.1) is 12.7 Å². The van der Waals surface area contributed by atoms with Gasteiger partial charge in [0.05, 0.1) is 23.8 Å². The first kappa shape index (κ1) is 20.5. The summed E-state index contributed by atoms with van der Waals surface area (Å²) in [6.45, 7) is 2.63. The maximum atomic E-state index is 14.4. The van der Waals surface area contributed by atoms with E-state index in [1.807, 2.05) is 6.92 Å². The molecule has 0 radical (unpaired) electrons. The predicted octanol–water partition coefficient (Wildman–Crippen LogP) is 2.61. The van der Waals surface area contributed by atoms with Crippen molar-refractivity contribution >= 4 is 15.8 Å². The first-order valence-electron chi connectivity index (χ1n) is 9.91. The normalized spacial score (nSPS) is 17.7. The third-order valence-corrected chi connectivity index (χ3v) is 7.30. The number of hydrogen-bond donors (Lipinski definition) is 2. The van der Waals surface area contributed by atoms with Crippen LogP contribution in [0.5, 0.6) is 5.75 Å². The number of H-pyrrole nitrogens is 1. The lowest BCUT2D eigenvalue weighted by Gasteiger charge is -2.22. The van der Waals surface area contributed by atoms with Gasteiger partial charge in [-0.2, -0.15) is 5.10 Å². The van der Waals surface area contributed by atoms with E-state index >= 15 is 0 Å². The Morgan fingerprint density at radius 2 is 2.10 bits per heavy atom. The molecule has 3 heterocycles. The van der Waals surface area contributed by atoms with E-state index in [1.165, 1.54) is 12.4 Å². The second-order valence-electron chi connectivity index (χ2n) is 7.52. The van der Waals surface area contributed by atoms with Gasteiger partial charge in [0.25, 0.3) is 0 Å². The summed E-state index contributed by atoms with van der Waals surface area (Å²) >= 11 is 0. The smallest absolute Gasteiger partial charge is 0.201 e. The topological polar surface area (TPSA) is 110 Å². The highest BCUT2D eigenvalue weighted by molar-refractivity contribution is 7.91. The van der Waals surface area contributed by atoms with Gasteiger partial charge in [0, 0.05) is 30.3 Å². The minimum absolute atomic E-state index is 0.0579. The molecule has 0 aliphatic carbocycles. The molecule has 2 N–H and O–H groups in total. The molecule has 1 saturated heterocycles. The van der Waals surface area contributed by atoms with Crippen LogP contribution >= 0.6 is 0 Å². The highest BCUT2D eigenvalue weighted by atomic mass is 32.2. The summed E-state index contributed by atoms with van der Waals surface area (Å²) in [5.74, 6) is 1.22. The summed E-state index contributed by atoms with van der Waals surface area (Å²) in [6, 6.07) is 3.07.